The highest BCUT2D eigenvalue weighted by molar-refractivity contribution is 7.99. The van der Waals surface area contributed by atoms with E-state index in [4.69, 9.17) is 0 Å². The van der Waals surface area contributed by atoms with E-state index in [-0.39, 0.29) is 0 Å². The first kappa shape index (κ1) is 18.3. The zero-order valence-corrected chi connectivity index (χ0v) is 13.8. The number of thioether (sulfide) groups is 1. The first-order valence-corrected chi connectivity index (χ1v) is 9.31. The van der Waals surface area contributed by atoms with Crippen LogP contribution in [0.5, 0.6) is 0 Å². The van der Waals surface area contributed by atoms with Gasteiger partial charge in [-0.25, -0.2) is 0 Å². The van der Waals surface area contributed by atoms with E-state index in [1.807, 2.05) is 0 Å². The molecule has 0 rings (SSSR count). The van der Waals surface area contributed by atoms with Gasteiger partial charge in [0.15, 0.2) is 0 Å². The molecule has 0 spiro atoms. The Bertz CT molecular complexity index is 150. The van der Waals surface area contributed by atoms with Crippen LogP contribution in [0.2, 0.25) is 0 Å². The van der Waals surface area contributed by atoms with Crippen molar-refractivity contribution in [3.8, 4) is 0 Å². The highest BCUT2D eigenvalue weighted by Crippen LogP contribution is 2.12. The van der Waals surface area contributed by atoms with Crippen LogP contribution in [-0.2, 0) is 0 Å². The lowest BCUT2D eigenvalue weighted by atomic mass is 10.1. The van der Waals surface area contributed by atoms with E-state index in [1.165, 1.54) is 75.8 Å². The van der Waals surface area contributed by atoms with Gasteiger partial charge in [-0.15, -0.1) is 0 Å². The second kappa shape index (κ2) is 15.4. The van der Waals surface area contributed by atoms with Crippen LogP contribution in [0.1, 0.15) is 78.6 Å². The molecule has 0 saturated carbocycles. The fraction of sp³-hybridized carbons (Fsp3) is 1.00. The average Bonchev–Trinajstić information content (AvgIpc) is 2.39. The normalized spacial score (nSPS) is 12.8. The molecule has 2 heteroatoms. The standard InChI is InChI=1S/C16H35NS/c1-4-7-8-9-10-11-12-16(17-13-5-2)15-18-14-6-3/h16-17H,4-15H2,1-3H3. The first-order chi connectivity index (χ1) is 8.85. The van der Waals surface area contributed by atoms with E-state index < -0.39 is 0 Å². The van der Waals surface area contributed by atoms with Crippen molar-refractivity contribution in [2.45, 2.75) is 84.6 Å². The van der Waals surface area contributed by atoms with Gasteiger partial charge < -0.3 is 5.32 Å². The van der Waals surface area contributed by atoms with Gasteiger partial charge in [-0.05, 0) is 31.6 Å². The van der Waals surface area contributed by atoms with Crippen molar-refractivity contribution < 1.29 is 0 Å². The Labute approximate surface area is 120 Å². The van der Waals surface area contributed by atoms with Gasteiger partial charge in [0.05, 0.1) is 0 Å². The minimum absolute atomic E-state index is 0.757. The number of unbranched alkanes of at least 4 members (excludes halogenated alkanes) is 5. The minimum Gasteiger partial charge on any atom is -0.313 e. The number of hydrogen-bond donors (Lipinski definition) is 1. The summed E-state index contributed by atoms with van der Waals surface area (Å²) < 4.78 is 0. The molecular formula is C16H35NS. The zero-order valence-electron chi connectivity index (χ0n) is 13.0. The van der Waals surface area contributed by atoms with E-state index in [9.17, 15) is 0 Å². The maximum Gasteiger partial charge on any atom is 0.0158 e. The second-order valence-corrected chi connectivity index (χ2v) is 6.43. The highest BCUT2D eigenvalue weighted by Gasteiger charge is 2.07. The molecule has 0 bridgehead atoms. The summed E-state index contributed by atoms with van der Waals surface area (Å²) in [5, 5.41) is 3.71. The molecule has 0 aliphatic carbocycles. The van der Waals surface area contributed by atoms with E-state index in [0.717, 1.165) is 6.04 Å². The molecule has 0 aliphatic heterocycles. The van der Waals surface area contributed by atoms with Gasteiger partial charge in [0.1, 0.15) is 0 Å². The molecule has 1 atom stereocenters. The lowest BCUT2D eigenvalue weighted by molar-refractivity contribution is 0.483. The molecule has 0 aromatic carbocycles. The van der Waals surface area contributed by atoms with Crippen molar-refractivity contribution in [2.75, 3.05) is 18.1 Å². The molecular weight excluding hydrogens is 238 g/mol. The van der Waals surface area contributed by atoms with Crippen LogP contribution in [-0.4, -0.2) is 24.1 Å². The average molecular weight is 274 g/mol. The lowest BCUT2D eigenvalue weighted by Gasteiger charge is -2.18. The highest BCUT2D eigenvalue weighted by atomic mass is 32.2. The summed E-state index contributed by atoms with van der Waals surface area (Å²) in [5.74, 6) is 2.63. The van der Waals surface area contributed by atoms with Crippen LogP contribution in [0.15, 0.2) is 0 Å². The fourth-order valence-corrected chi connectivity index (χ4v) is 3.16. The molecule has 18 heavy (non-hydrogen) atoms. The van der Waals surface area contributed by atoms with Crippen molar-refractivity contribution in [2.24, 2.45) is 0 Å². The van der Waals surface area contributed by atoms with Gasteiger partial charge in [-0.2, -0.15) is 11.8 Å². The summed E-state index contributed by atoms with van der Waals surface area (Å²) in [4.78, 5) is 0. The van der Waals surface area contributed by atoms with E-state index in [2.05, 4.69) is 37.8 Å². The predicted octanol–water partition coefficient (Wildman–Crippen LogP) is 5.25. The quantitative estimate of drug-likeness (QED) is 0.434. The summed E-state index contributed by atoms with van der Waals surface area (Å²) >= 11 is 2.12. The molecule has 1 nitrogen and oxygen atoms in total. The third-order valence-corrected chi connectivity index (χ3v) is 4.59. The molecule has 1 N–H and O–H groups in total. The molecule has 0 fully saturated rings. The maximum absolute atomic E-state index is 3.71. The Balaban J connectivity index is 3.51. The lowest BCUT2D eigenvalue weighted by Crippen LogP contribution is -2.32. The fourth-order valence-electron chi connectivity index (χ4n) is 2.13. The van der Waals surface area contributed by atoms with Crippen LogP contribution < -0.4 is 5.32 Å². The van der Waals surface area contributed by atoms with Crippen molar-refractivity contribution >= 4 is 11.8 Å². The smallest absolute Gasteiger partial charge is 0.0158 e. The summed E-state index contributed by atoms with van der Waals surface area (Å²) in [7, 11) is 0. The van der Waals surface area contributed by atoms with E-state index >= 15 is 0 Å². The van der Waals surface area contributed by atoms with Crippen LogP contribution in [0.4, 0.5) is 0 Å². The Morgan fingerprint density at radius 1 is 0.833 bits per heavy atom. The van der Waals surface area contributed by atoms with Gasteiger partial charge in [0.25, 0.3) is 0 Å². The molecule has 0 heterocycles. The second-order valence-electron chi connectivity index (χ2n) is 5.28. The van der Waals surface area contributed by atoms with Gasteiger partial charge in [-0.1, -0.05) is 59.3 Å². The van der Waals surface area contributed by atoms with Crippen LogP contribution in [0, 0.1) is 0 Å². The van der Waals surface area contributed by atoms with E-state index in [1.54, 1.807) is 0 Å². The Morgan fingerprint density at radius 3 is 2.22 bits per heavy atom. The van der Waals surface area contributed by atoms with Crippen molar-refractivity contribution in [3.63, 3.8) is 0 Å². The molecule has 0 amide bonds. The summed E-state index contributed by atoms with van der Waals surface area (Å²) in [6.07, 6.45) is 12.4. The number of hydrogen-bond acceptors (Lipinski definition) is 2. The van der Waals surface area contributed by atoms with Gasteiger partial charge >= 0.3 is 0 Å². The predicted molar refractivity (Wildman–Crippen MR) is 87.7 cm³/mol. The molecule has 0 aromatic heterocycles. The van der Waals surface area contributed by atoms with Crippen molar-refractivity contribution in [1.29, 1.82) is 0 Å². The van der Waals surface area contributed by atoms with Gasteiger partial charge in [0, 0.05) is 11.8 Å². The summed E-state index contributed by atoms with van der Waals surface area (Å²) in [5.41, 5.74) is 0. The minimum atomic E-state index is 0.757. The largest absolute Gasteiger partial charge is 0.313 e. The van der Waals surface area contributed by atoms with Crippen molar-refractivity contribution in [1.82, 2.24) is 5.32 Å². The molecule has 1 unspecified atom stereocenters. The Morgan fingerprint density at radius 2 is 1.56 bits per heavy atom. The Kier molecular flexibility index (Phi) is 15.6. The topological polar surface area (TPSA) is 12.0 Å². The molecule has 0 radical (unpaired) electrons. The Hall–Kier alpha value is 0.310. The monoisotopic (exact) mass is 273 g/mol. The van der Waals surface area contributed by atoms with E-state index in [0.29, 0.717) is 0 Å². The van der Waals surface area contributed by atoms with Crippen LogP contribution >= 0.6 is 11.8 Å². The zero-order chi connectivity index (χ0) is 13.5. The molecule has 110 valence electrons. The summed E-state index contributed by atoms with van der Waals surface area (Å²) in [6.45, 7) is 8.01. The summed E-state index contributed by atoms with van der Waals surface area (Å²) in [6, 6.07) is 0.757. The van der Waals surface area contributed by atoms with Gasteiger partial charge in [0.2, 0.25) is 0 Å². The SMILES string of the molecule is CCCCCCCCC(CSCCC)NCCC. The molecule has 0 saturated heterocycles. The molecule has 0 aliphatic rings. The maximum atomic E-state index is 3.71. The number of rotatable bonds is 14. The third kappa shape index (κ3) is 12.8. The van der Waals surface area contributed by atoms with Crippen molar-refractivity contribution in [3.05, 3.63) is 0 Å². The number of nitrogens with one attached hydrogen (secondary N) is 1. The first-order valence-electron chi connectivity index (χ1n) is 8.16. The van der Waals surface area contributed by atoms with Gasteiger partial charge in [-0.3, -0.25) is 0 Å². The van der Waals surface area contributed by atoms with Crippen LogP contribution in [0.25, 0.3) is 0 Å². The molecule has 0 aromatic rings. The van der Waals surface area contributed by atoms with Crippen LogP contribution in [0.3, 0.4) is 0 Å². The third-order valence-electron chi connectivity index (χ3n) is 3.26.